The second-order valence-electron chi connectivity index (χ2n) is 10.2. The van der Waals surface area contributed by atoms with Gasteiger partial charge in [-0.25, -0.2) is 0 Å². The summed E-state index contributed by atoms with van der Waals surface area (Å²) in [7, 11) is 0. The monoisotopic (exact) mass is 467 g/mol. The molecule has 0 unspecified atom stereocenters. The molecule has 1 heterocycles. The van der Waals surface area contributed by atoms with Gasteiger partial charge in [-0.3, -0.25) is 14.5 Å². The molecule has 2 aromatic rings. The Hall–Kier alpha value is -2.73. The van der Waals surface area contributed by atoms with Crippen molar-refractivity contribution in [3.63, 3.8) is 0 Å². The van der Waals surface area contributed by atoms with Crippen LogP contribution in [0.2, 0.25) is 0 Å². The fourth-order valence-corrected chi connectivity index (χ4v) is 4.85. The van der Waals surface area contributed by atoms with Gasteiger partial charge in [0.25, 0.3) is 5.91 Å². The van der Waals surface area contributed by atoms with Crippen molar-refractivity contribution >= 4 is 35.4 Å². The number of rotatable bonds is 4. The van der Waals surface area contributed by atoms with E-state index < -0.39 is 5.97 Å². The number of anilines is 1. The number of esters is 1. The van der Waals surface area contributed by atoms with E-state index in [9.17, 15) is 14.7 Å². The molecule has 1 aliphatic rings. The highest BCUT2D eigenvalue weighted by atomic mass is 32.2. The van der Waals surface area contributed by atoms with Gasteiger partial charge < -0.3 is 9.84 Å². The van der Waals surface area contributed by atoms with Crippen LogP contribution in [0.5, 0.6) is 5.75 Å². The number of nitrogens with zero attached hydrogens (tertiary/aromatic N) is 1. The molecule has 1 amide bonds. The Balaban J connectivity index is 2.12. The first-order valence-corrected chi connectivity index (χ1v) is 12.0. The van der Waals surface area contributed by atoms with Gasteiger partial charge in [0.2, 0.25) is 0 Å². The summed E-state index contributed by atoms with van der Waals surface area (Å²) in [6, 6.07) is 11.4. The molecular formula is C27H33NO4S. The molecule has 6 heteroatoms. The van der Waals surface area contributed by atoms with Crippen LogP contribution in [0.3, 0.4) is 0 Å². The maximum atomic E-state index is 13.4. The highest BCUT2D eigenvalue weighted by molar-refractivity contribution is 8.04. The van der Waals surface area contributed by atoms with Gasteiger partial charge in [-0.15, -0.1) is 0 Å². The molecule has 0 aromatic heterocycles. The Morgan fingerprint density at radius 2 is 1.64 bits per heavy atom. The van der Waals surface area contributed by atoms with Crippen LogP contribution in [0.15, 0.2) is 46.2 Å². The van der Waals surface area contributed by atoms with Crippen LogP contribution < -0.4 is 4.90 Å². The van der Waals surface area contributed by atoms with Crippen LogP contribution in [0, 0.1) is 0 Å². The predicted molar refractivity (Wildman–Crippen MR) is 135 cm³/mol. The number of thioether (sulfide) groups is 1. The lowest BCUT2D eigenvalue weighted by molar-refractivity contribution is -0.142. The standard InChI is InChI=1S/C27H33NO4S/c1-8-32-23(29)16-28-20-11-9-10-12-21(20)33-22(25(28)31)15-17-13-18(26(2,3)4)24(30)19(14-17)27(5,6)7/h9-15,30H,8,16H2,1-7H3/b22-15-. The highest BCUT2D eigenvalue weighted by Gasteiger charge is 2.32. The van der Waals surface area contributed by atoms with Crippen molar-refractivity contribution in [2.45, 2.75) is 64.2 Å². The Morgan fingerprint density at radius 1 is 1.06 bits per heavy atom. The quantitative estimate of drug-likeness (QED) is 0.439. The zero-order valence-electron chi connectivity index (χ0n) is 20.5. The largest absolute Gasteiger partial charge is 0.507 e. The number of carbonyl (C=O) groups is 2. The Morgan fingerprint density at radius 3 is 2.18 bits per heavy atom. The fourth-order valence-electron chi connectivity index (χ4n) is 3.79. The molecule has 0 bridgehead atoms. The van der Waals surface area contributed by atoms with Crippen molar-refractivity contribution in [3.8, 4) is 5.75 Å². The highest BCUT2D eigenvalue weighted by Crippen LogP contribution is 2.44. The van der Waals surface area contributed by atoms with Gasteiger partial charge in [-0.05, 0) is 53.7 Å². The number of ether oxygens (including phenoxy) is 1. The first-order chi connectivity index (χ1) is 15.3. The lowest BCUT2D eigenvalue weighted by atomic mass is 9.78. The van der Waals surface area contributed by atoms with Gasteiger partial charge in [0.05, 0.1) is 17.2 Å². The first-order valence-electron chi connectivity index (χ1n) is 11.2. The summed E-state index contributed by atoms with van der Waals surface area (Å²) in [5, 5.41) is 11.0. The maximum absolute atomic E-state index is 13.4. The summed E-state index contributed by atoms with van der Waals surface area (Å²) < 4.78 is 5.09. The summed E-state index contributed by atoms with van der Waals surface area (Å²) in [4.78, 5) is 28.5. The molecule has 5 nitrogen and oxygen atoms in total. The third-order valence-corrected chi connectivity index (χ3v) is 6.55. The Bertz CT molecular complexity index is 1070. The lowest BCUT2D eigenvalue weighted by Gasteiger charge is -2.30. The first kappa shape index (κ1) is 24.9. The number of para-hydroxylation sites is 1. The average molecular weight is 468 g/mol. The van der Waals surface area contributed by atoms with Crippen LogP contribution in [0.25, 0.3) is 6.08 Å². The van der Waals surface area contributed by atoms with E-state index in [-0.39, 0.29) is 29.9 Å². The molecule has 0 radical (unpaired) electrons. The van der Waals surface area contributed by atoms with Gasteiger partial charge in [0, 0.05) is 16.0 Å². The minimum Gasteiger partial charge on any atom is -0.507 e. The van der Waals surface area contributed by atoms with E-state index in [0.29, 0.717) is 16.3 Å². The van der Waals surface area contributed by atoms with Gasteiger partial charge in [-0.1, -0.05) is 65.4 Å². The van der Waals surface area contributed by atoms with Crippen molar-refractivity contribution in [1.29, 1.82) is 0 Å². The number of phenols is 1. The van der Waals surface area contributed by atoms with Crippen molar-refractivity contribution in [3.05, 3.63) is 58.0 Å². The molecule has 0 saturated carbocycles. The normalized spacial score (nSPS) is 15.5. The number of carbonyl (C=O) groups excluding carboxylic acids is 2. The van der Waals surface area contributed by atoms with Gasteiger partial charge in [0.15, 0.2) is 0 Å². The van der Waals surface area contributed by atoms with Crippen LogP contribution in [0.4, 0.5) is 5.69 Å². The van der Waals surface area contributed by atoms with Gasteiger partial charge in [-0.2, -0.15) is 0 Å². The SMILES string of the molecule is CCOC(=O)CN1C(=O)/C(=C/c2cc(C(C)(C)C)c(O)c(C(C)(C)C)c2)Sc2ccccc21. The van der Waals surface area contributed by atoms with E-state index in [4.69, 9.17) is 4.74 Å². The average Bonchev–Trinajstić information content (AvgIpc) is 2.70. The van der Waals surface area contributed by atoms with Gasteiger partial charge in [0.1, 0.15) is 12.3 Å². The maximum Gasteiger partial charge on any atom is 0.326 e. The lowest BCUT2D eigenvalue weighted by Crippen LogP contribution is -2.39. The van der Waals surface area contributed by atoms with E-state index in [1.165, 1.54) is 16.7 Å². The second-order valence-corrected chi connectivity index (χ2v) is 11.3. The van der Waals surface area contributed by atoms with Crippen LogP contribution in [-0.4, -0.2) is 30.1 Å². The predicted octanol–water partition coefficient (Wildman–Crippen LogP) is 6.03. The molecule has 0 fully saturated rings. The molecule has 0 aliphatic carbocycles. The van der Waals surface area contributed by atoms with Gasteiger partial charge >= 0.3 is 5.97 Å². The number of amides is 1. The fraction of sp³-hybridized carbons (Fsp3) is 0.407. The summed E-state index contributed by atoms with van der Waals surface area (Å²) in [6.07, 6.45) is 1.85. The van der Waals surface area contributed by atoms with E-state index in [1.54, 1.807) is 6.92 Å². The van der Waals surface area contributed by atoms with Crippen LogP contribution in [-0.2, 0) is 25.2 Å². The van der Waals surface area contributed by atoms with Crippen molar-refractivity contribution in [2.24, 2.45) is 0 Å². The van der Waals surface area contributed by atoms with E-state index in [2.05, 4.69) is 41.5 Å². The molecule has 0 atom stereocenters. The van der Waals surface area contributed by atoms with E-state index in [1.807, 2.05) is 42.5 Å². The van der Waals surface area contributed by atoms with Crippen molar-refractivity contribution < 1.29 is 19.4 Å². The Labute approximate surface area is 200 Å². The summed E-state index contributed by atoms with van der Waals surface area (Å²) in [6.45, 7) is 14.2. The number of aromatic hydroxyl groups is 1. The molecule has 1 aliphatic heterocycles. The smallest absolute Gasteiger partial charge is 0.326 e. The molecule has 33 heavy (non-hydrogen) atoms. The molecule has 0 saturated heterocycles. The topological polar surface area (TPSA) is 66.8 Å². The second kappa shape index (κ2) is 9.26. The molecule has 176 valence electrons. The molecule has 0 spiro atoms. The van der Waals surface area contributed by atoms with Crippen LogP contribution in [0.1, 0.15) is 65.2 Å². The zero-order chi connectivity index (χ0) is 24.6. The van der Waals surface area contributed by atoms with Crippen molar-refractivity contribution in [2.75, 3.05) is 18.1 Å². The summed E-state index contributed by atoms with van der Waals surface area (Å²) in [5.74, 6) is -0.384. The third kappa shape index (κ3) is 5.44. The Kier molecular flexibility index (Phi) is 6.99. The molecule has 2 aromatic carbocycles. The van der Waals surface area contributed by atoms with Crippen molar-refractivity contribution in [1.82, 2.24) is 0 Å². The van der Waals surface area contributed by atoms with E-state index >= 15 is 0 Å². The number of fused-ring (bicyclic) bond motifs is 1. The third-order valence-electron chi connectivity index (χ3n) is 5.47. The number of hydrogen-bond acceptors (Lipinski definition) is 5. The summed E-state index contributed by atoms with van der Waals surface area (Å²) in [5.41, 5.74) is 2.66. The molecular weight excluding hydrogens is 434 g/mol. The van der Waals surface area contributed by atoms with Crippen LogP contribution >= 0.6 is 11.8 Å². The molecule has 1 N–H and O–H groups in total. The zero-order valence-corrected chi connectivity index (χ0v) is 21.3. The molecule has 3 rings (SSSR count). The van der Waals surface area contributed by atoms with E-state index in [0.717, 1.165) is 21.6 Å². The number of benzene rings is 2. The minimum atomic E-state index is -0.443. The number of hydrogen-bond donors (Lipinski definition) is 1. The minimum absolute atomic E-state index is 0.141. The number of phenolic OH excluding ortho intramolecular Hbond substituents is 1. The summed E-state index contributed by atoms with van der Waals surface area (Å²) >= 11 is 1.39.